The number of benzene rings is 1. The predicted molar refractivity (Wildman–Crippen MR) is 83.0 cm³/mol. The Kier molecular flexibility index (Phi) is 4.34. The molecule has 22 heavy (non-hydrogen) atoms. The lowest BCUT2D eigenvalue weighted by atomic mass is 10.1. The fraction of sp³-hybridized carbons (Fsp3) is 0.286. The number of aromatic nitrogens is 1. The minimum Gasteiger partial charge on any atom is -0.360 e. The van der Waals surface area contributed by atoms with E-state index < -0.39 is 21.7 Å². The lowest BCUT2D eigenvalue weighted by Gasteiger charge is -2.08. The number of amides is 1. The van der Waals surface area contributed by atoms with Crippen LogP contribution in [-0.4, -0.2) is 51.1 Å². The van der Waals surface area contributed by atoms with E-state index >= 15 is 0 Å². The van der Waals surface area contributed by atoms with Gasteiger partial charge in [-0.15, -0.1) is 0 Å². The fourth-order valence-electron chi connectivity index (χ4n) is 2.06. The van der Waals surface area contributed by atoms with E-state index in [0.29, 0.717) is 16.5 Å². The summed E-state index contributed by atoms with van der Waals surface area (Å²) in [5.41, 5.74) is 1.44. The summed E-state index contributed by atoms with van der Waals surface area (Å²) in [6.45, 7) is 0. The number of ketones is 1. The maximum atomic E-state index is 12.2. The summed E-state index contributed by atoms with van der Waals surface area (Å²) in [7, 11) is 0.935. The Bertz CT molecular complexity index is 837. The SMILES string of the molecule is CNS(=O)(=O)Cc1ccc2[nH]cc(C(=O)C(=O)N(C)C)c2c1. The Morgan fingerprint density at radius 3 is 2.55 bits per heavy atom. The second kappa shape index (κ2) is 5.90. The molecular weight excluding hydrogens is 306 g/mol. The molecule has 118 valence electrons. The standard InChI is InChI=1S/C14H17N3O4S/c1-15-22(20,21)8-9-4-5-12-10(6-9)11(7-16-12)13(18)14(19)17(2)3/h4-7,15-16H,8H2,1-3H3. The highest BCUT2D eigenvalue weighted by molar-refractivity contribution is 7.88. The molecular formula is C14H17N3O4S. The molecule has 0 atom stereocenters. The first kappa shape index (κ1) is 16.2. The van der Waals surface area contributed by atoms with Crippen molar-refractivity contribution < 1.29 is 18.0 Å². The predicted octanol–water partition coefficient (Wildman–Crippen LogP) is 0.488. The topological polar surface area (TPSA) is 99.3 Å². The van der Waals surface area contributed by atoms with Crippen molar-refractivity contribution in [3.05, 3.63) is 35.5 Å². The van der Waals surface area contributed by atoms with Gasteiger partial charge in [0.15, 0.2) is 0 Å². The number of likely N-dealkylation sites (N-methyl/N-ethyl adjacent to an activating group) is 1. The molecule has 0 aliphatic rings. The average Bonchev–Trinajstić information content (AvgIpc) is 2.88. The molecule has 0 aliphatic carbocycles. The molecule has 7 nitrogen and oxygen atoms in total. The van der Waals surface area contributed by atoms with Gasteiger partial charge in [-0.2, -0.15) is 0 Å². The van der Waals surface area contributed by atoms with Crippen LogP contribution in [-0.2, 0) is 20.6 Å². The summed E-state index contributed by atoms with van der Waals surface area (Å²) < 4.78 is 25.5. The quantitative estimate of drug-likeness (QED) is 0.618. The zero-order chi connectivity index (χ0) is 16.5. The Hall–Kier alpha value is -2.19. The summed E-state index contributed by atoms with van der Waals surface area (Å²) in [4.78, 5) is 28.1. The summed E-state index contributed by atoms with van der Waals surface area (Å²) in [6, 6.07) is 4.96. The van der Waals surface area contributed by atoms with Crippen LogP contribution in [0, 0.1) is 0 Å². The molecule has 1 amide bonds. The van der Waals surface area contributed by atoms with Crippen LogP contribution in [0.4, 0.5) is 0 Å². The molecule has 8 heteroatoms. The Labute approximate surface area is 128 Å². The van der Waals surface area contributed by atoms with Crippen molar-refractivity contribution in [1.29, 1.82) is 0 Å². The van der Waals surface area contributed by atoms with E-state index in [1.165, 1.54) is 32.2 Å². The van der Waals surface area contributed by atoms with Gasteiger partial charge in [0.2, 0.25) is 10.0 Å². The van der Waals surface area contributed by atoms with Crippen LogP contribution in [0.25, 0.3) is 10.9 Å². The van der Waals surface area contributed by atoms with Gasteiger partial charge in [-0.1, -0.05) is 6.07 Å². The van der Waals surface area contributed by atoms with Crippen LogP contribution in [0.2, 0.25) is 0 Å². The number of aromatic amines is 1. The van der Waals surface area contributed by atoms with Crippen molar-refractivity contribution in [2.24, 2.45) is 0 Å². The summed E-state index contributed by atoms with van der Waals surface area (Å²) in [5.74, 6) is -1.46. The van der Waals surface area contributed by atoms with Crippen molar-refractivity contribution in [1.82, 2.24) is 14.6 Å². The Morgan fingerprint density at radius 1 is 1.27 bits per heavy atom. The molecule has 0 unspecified atom stereocenters. The number of hydrogen-bond acceptors (Lipinski definition) is 4. The van der Waals surface area contributed by atoms with Gasteiger partial charge in [-0.05, 0) is 24.7 Å². The van der Waals surface area contributed by atoms with E-state index in [1.54, 1.807) is 18.2 Å². The number of rotatable bonds is 5. The molecule has 0 saturated carbocycles. The van der Waals surface area contributed by atoms with Gasteiger partial charge in [-0.25, -0.2) is 13.1 Å². The number of nitrogens with one attached hydrogen (secondary N) is 2. The third-order valence-electron chi connectivity index (χ3n) is 3.26. The van der Waals surface area contributed by atoms with E-state index in [1.807, 2.05) is 0 Å². The molecule has 0 spiro atoms. The number of hydrogen-bond donors (Lipinski definition) is 2. The fourth-order valence-corrected chi connectivity index (χ4v) is 2.82. The lowest BCUT2D eigenvalue weighted by Crippen LogP contribution is -2.29. The lowest BCUT2D eigenvalue weighted by molar-refractivity contribution is -0.124. The van der Waals surface area contributed by atoms with Gasteiger partial charge in [0.25, 0.3) is 11.7 Å². The molecule has 2 N–H and O–H groups in total. The zero-order valence-corrected chi connectivity index (χ0v) is 13.3. The summed E-state index contributed by atoms with van der Waals surface area (Å²) in [6.07, 6.45) is 1.46. The van der Waals surface area contributed by atoms with E-state index in [-0.39, 0.29) is 11.3 Å². The highest BCUT2D eigenvalue weighted by Gasteiger charge is 2.22. The molecule has 1 aromatic carbocycles. The van der Waals surface area contributed by atoms with Crippen LogP contribution < -0.4 is 4.72 Å². The van der Waals surface area contributed by atoms with Gasteiger partial charge in [0, 0.05) is 31.2 Å². The second-order valence-corrected chi connectivity index (χ2v) is 7.00. The van der Waals surface area contributed by atoms with Crippen LogP contribution in [0.5, 0.6) is 0 Å². The maximum Gasteiger partial charge on any atom is 0.294 e. The van der Waals surface area contributed by atoms with Gasteiger partial charge in [0.05, 0.1) is 11.3 Å². The van der Waals surface area contributed by atoms with Crippen LogP contribution in [0.1, 0.15) is 15.9 Å². The highest BCUT2D eigenvalue weighted by Crippen LogP contribution is 2.21. The van der Waals surface area contributed by atoms with Crippen molar-refractivity contribution >= 4 is 32.6 Å². The third kappa shape index (κ3) is 3.18. The van der Waals surface area contributed by atoms with Crippen LogP contribution >= 0.6 is 0 Å². The number of H-pyrrole nitrogens is 1. The smallest absolute Gasteiger partial charge is 0.294 e. The van der Waals surface area contributed by atoms with Crippen molar-refractivity contribution in [3.8, 4) is 0 Å². The van der Waals surface area contributed by atoms with Crippen LogP contribution in [0.15, 0.2) is 24.4 Å². The van der Waals surface area contributed by atoms with E-state index in [0.717, 1.165) is 0 Å². The maximum absolute atomic E-state index is 12.2. The van der Waals surface area contributed by atoms with Gasteiger partial charge >= 0.3 is 0 Å². The second-order valence-electron chi connectivity index (χ2n) is 5.07. The molecule has 0 saturated heterocycles. The number of nitrogens with zero attached hydrogens (tertiary/aromatic N) is 1. The number of carbonyl (C=O) groups excluding carboxylic acids is 2. The highest BCUT2D eigenvalue weighted by atomic mass is 32.2. The van der Waals surface area contributed by atoms with E-state index in [4.69, 9.17) is 0 Å². The van der Waals surface area contributed by atoms with Gasteiger partial charge in [0.1, 0.15) is 0 Å². The Balaban J connectivity index is 2.46. The minimum absolute atomic E-state index is 0.195. The normalized spacial score (nSPS) is 11.6. The van der Waals surface area contributed by atoms with Crippen LogP contribution in [0.3, 0.4) is 0 Å². The first-order valence-electron chi connectivity index (χ1n) is 6.52. The number of carbonyl (C=O) groups is 2. The molecule has 2 aromatic rings. The Morgan fingerprint density at radius 2 is 1.95 bits per heavy atom. The summed E-state index contributed by atoms with van der Waals surface area (Å²) >= 11 is 0. The third-order valence-corrected chi connectivity index (χ3v) is 4.59. The minimum atomic E-state index is -3.41. The monoisotopic (exact) mass is 323 g/mol. The first-order chi connectivity index (χ1) is 10.2. The van der Waals surface area contributed by atoms with Crippen molar-refractivity contribution in [2.45, 2.75) is 5.75 Å². The molecule has 0 aliphatic heterocycles. The van der Waals surface area contributed by atoms with Crippen molar-refractivity contribution in [3.63, 3.8) is 0 Å². The van der Waals surface area contributed by atoms with Gasteiger partial charge < -0.3 is 9.88 Å². The molecule has 0 fully saturated rings. The number of sulfonamides is 1. The summed E-state index contributed by atoms with van der Waals surface area (Å²) in [5, 5.41) is 0.531. The molecule has 0 radical (unpaired) electrons. The van der Waals surface area contributed by atoms with E-state index in [9.17, 15) is 18.0 Å². The molecule has 1 aromatic heterocycles. The number of fused-ring (bicyclic) bond motifs is 1. The van der Waals surface area contributed by atoms with Gasteiger partial charge in [-0.3, -0.25) is 9.59 Å². The molecule has 0 bridgehead atoms. The number of Topliss-reactive ketones (excluding diaryl/α,β-unsaturated/α-hetero) is 1. The largest absolute Gasteiger partial charge is 0.360 e. The van der Waals surface area contributed by atoms with Crippen molar-refractivity contribution in [2.75, 3.05) is 21.1 Å². The zero-order valence-electron chi connectivity index (χ0n) is 12.5. The first-order valence-corrected chi connectivity index (χ1v) is 8.17. The molecule has 2 rings (SSSR count). The van der Waals surface area contributed by atoms with E-state index in [2.05, 4.69) is 9.71 Å². The molecule has 1 heterocycles. The average molecular weight is 323 g/mol.